The van der Waals surface area contributed by atoms with E-state index in [0.717, 1.165) is 35.4 Å². The Kier molecular flexibility index (Phi) is 5.11. The Hall–Kier alpha value is -0.740. The SMILES string of the molecule is CCc1cc(OC)c(OC)c(C2CCCCN2)c1Br. The highest BCUT2D eigenvalue weighted by molar-refractivity contribution is 9.10. The summed E-state index contributed by atoms with van der Waals surface area (Å²) in [6.45, 7) is 3.23. The Labute approximate surface area is 123 Å². The number of rotatable bonds is 4. The van der Waals surface area contributed by atoms with Crippen LogP contribution in [0.4, 0.5) is 0 Å². The summed E-state index contributed by atoms with van der Waals surface area (Å²) < 4.78 is 12.3. The van der Waals surface area contributed by atoms with Crippen LogP contribution >= 0.6 is 15.9 Å². The van der Waals surface area contributed by atoms with Crippen molar-refractivity contribution in [3.63, 3.8) is 0 Å². The van der Waals surface area contributed by atoms with Gasteiger partial charge in [-0.15, -0.1) is 0 Å². The van der Waals surface area contributed by atoms with Gasteiger partial charge < -0.3 is 14.8 Å². The van der Waals surface area contributed by atoms with Gasteiger partial charge in [0.15, 0.2) is 11.5 Å². The Morgan fingerprint density at radius 3 is 2.63 bits per heavy atom. The lowest BCUT2D eigenvalue weighted by Crippen LogP contribution is -2.27. The van der Waals surface area contributed by atoms with E-state index in [4.69, 9.17) is 9.47 Å². The molecule has 2 rings (SSSR count). The molecule has 1 fully saturated rings. The highest BCUT2D eigenvalue weighted by atomic mass is 79.9. The first-order chi connectivity index (χ1) is 9.22. The lowest BCUT2D eigenvalue weighted by atomic mass is 9.94. The van der Waals surface area contributed by atoms with Gasteiger partial charge in [-0.05, 0) is 37.4 Å². The van der Waals surface area contributed by atoms with Gasteiger partial charge in [-0.2, -0.15) is 0 Å². The summed E-state index contributed by atoms with van der Waals surface area (Å²) in [6, 6.07) is 2.41. The molecule has 1 aromatic rings. The topological polar surface area (TPSA) is 30.5 Å². The van der Waals surface area contributed by atoms with E-state index in [1.165, 1.54) is 24.0 Å². The molecule has 1 saturated heterocycles. The van der Waals surface area contributed by atoms with Gasteiger partial charge in [-0.25, -0.2) is 0 Å². The molecule has 0 spiro atoms. The molecule has 0 radical (unpaired) electrons. The fraction of sp³-hybridized carbons (Fsp3) is 0.600. The normalized spacial score (nSPS) is 19.3. The van der Waals surface area contributed by atoms with E-state index in [0.29, 0.717) is 6.04 Å². The van der Waals surface area contributed by atoms with Gasteiger partial charge in [-0.1, -0.05) is 29.3 Å². The largest absolute Gasteiger partial charge is 0.493 e. The van der Waals surface area contributed by atoms with Gasteiger partial charge in [0.1, 0.15) is 0 Å². The van der Waals surface area contributed by atoms with E-state index in [1.807, 2.05) is 0 Å². The van der Waals surface area contributed by atoms with Crippen LogP contribution < -0.4 is 14.8 Å². The highest BCUT2D eigenvalue weighted by Gasteiger charge is 2.25. The van der Waals surface area contributed by atoms with Crippen molar-refractivity contribution in [1.29, 1.82) is 0 Å². The van der Waals surface area contributed by atoms with Crippen molar-refractivity contribution in [2.24, 2.45) is 0 Å². The summed E-state index contributed by atoms with van der Waals surface area (Å²) in [5.74, 6) is 1.68. The van der Waals surface area contributed by atoms with E-state index in [1.54, 1.807) is 14.2 Å². The second kappa shape index (κ2) is 6.62. The number of aryl methyl sites for hydroxylation is 1. The molecular formula is C15H22BrNO2. The van der Waals surface area contributed by atoms with Crippen LogP contribution in [0.5, 0.6) is 11.5 Å². The van der Waals surface area contributed by atoms with Crippen LogP contribution in [0, 0.1) is 0 Å². The Balaban J connectivity index is 2.53. The Morgan fingerprint density at radius 1 is 1.32 bits per heavy atom. The van der Waals surface area contributed by atoms with Gasteiger partial charge >= 0.3 is 0 Å². The predicted molar refractivity (Wildman–Crippen MR) is 81.2 cm³/mol. The third-order valence-electron chi connectivity index (χ3n) is 3.76. The molecule has 1 heterocycles. The number of hydrogen-bond acceptors (Lipinski definition) is 3. The van der Waals surface area contributed by atoms with Gasteiger partial charge in [0.2, 0.25) is 0 Å². The zero-order chi connectivity index (χ0) is 13.8. The van der Waals surface area contributed by atoms with Crippen molar-refractivity contribution in [3.8, 4) is 11.5 Å². The number of hydrogen-bond donors (Lipinski definition) is 1. The fourth-order valence-corrected chi connectivity index (χ4v) is 3.57. The number of piperidine rings is 1. The third-order valence-corrected chi connectivity index (χ3v) is 4.69. The molecule has 1 aliphatic rings. The average molecular weight is 328 g/mol. The number of benzene rings is 1. The maximum absolute atomic E-state index is 5.61. The van der Waals surface area contributed by atoms with Crippen molar-refractivity contribution in [2.75, 3.05) is 20.8 Å². The molecule has 1 N–H and O–H groups in total. The van der Waals surface area contributed by atoms with Crippen LogP contribution in [-0.2, 0) is 6.42 Å². The van der Waals surface area contributed by atoms with E-state index in [9.17, 15) is 0 Å². The van der Waals surface area contributed by atoms with Gasteiger partial charge in [0.05, 0.1) is 14.2 Å². The summed E-state index contributed by atoms with van der Waals surface area (Å²) in [5, 5.41) is 3.59. The van der Waals surface area contributed by atoms with Crippen LogP contribution in [0.15, 0.2) is 10.5 Å². The minimum Gasteiger partial charge on any atom is -0.493 e. The van der Waals surface area contributed by atoms with Crippen LogP contribution in [0.2, 0.25) is 0 Å². The molecule has 4 heteroatoms. The zero-order valence-electron chi connectivity index (χ0n) is 11.9. The summed E-state index contributed by atoms with van der Waals surface area (Å²) in [5.41, 5.74) is 2.47. The number of ether oxygens (including phenoxy) is 2. The molecule has 19 heavy (non-hydrogen) atoms. The van der Waals surface area contributed by atoms with Crippen molar-refractivity contribution in [3.05, 3.63) is 21.7 Å². The molecular weight excluding hydrogens is 306 g/mol. The summed E-state index contributed by atoms with van der Waals surface area (Å²) >= 11 is 3.76. The smallest absolute Gasteiger partial charge is 0.166 e. The lowest BCUT2D eigenvalue weighted by Gasteiger charge is -2.28. The Morgan fingerprint density at radius 2 is 2.11 bits per heavy atom. The summed E-state index contributed by atoms with van der Waals surface area (Å²) in [6.07, 6.45) is 4.62. The van der Waals surface area contributed by atoms with Crippen molar-refractivity contribution in [2.45, 2.75) is 38.6 Å². The standard InChI is InChI=1S/C15H22BrNO2/c1-4-10-9-12(18-2)15(19-3)13(14(10)16)11-7-5-6-8-17-11/h9,11,17H,4-8H2,1-3H3. The Bertz CT molecular complexity index is 442. The van der Waals surface area contributed by atoms with Gasteiger partial charge in [0.25, 0.3) is 0 Å². The molecule has 3 nitrogen and oxygen atoms in total. The third kappa shape index (κ3) is 2.90. The van der Waals surface area contributed by atoms with E-state index >= 15 is 0 Å². The molecule has 0 aliphatic carbocycles. The molecule has 1 aromatic carbocycles. The van der Waals surface area contributed by atoms with Crippen LogP contribution in [0.25, 0.3) is 0 Å². The second-order valence-electron chi connectivity index (χ2n) is 4.85. The number of methoxy groups -OCH3 is 2. The maximum Gasteiger partial charge on any atom is 0.166 e. The first kappa shape index (κ1) is 14.7. The fourth-order valence-electron chi connectivity index (χ4n) is 2.72. The average Bonchev–Trinajstić information content (AvgIpc) is 2.47. The monoisotopic (exact) mass is 327 g/mol. The minimum atomic E-state index is 0.346. The second-order valence-corrected chi connectivity index (χ2v) is 5.65. The maximum atomic E-state index is 5.61. The first-order valence-electron chi connectivity index (χ1n) is 6.89. The molecule has 0 saturated carbocycles. The molecule has 0 amide bonds. The summed E-state index contributed by atoms with van der Waals surface area (Å²) in [7, 11) is 3.41. The number of halogens is 1. The molecule has 1 atom stereocenters. The van der Waals surface area contributed by atoms with E-state index in [-0.39, 0.29) is 0 Å². The van der Waals surface area contributed by atoms with Crippen molar-refractivity contribution < 1.29 is 9.47 Å². The first-order valence-corrected chi connectivity index (χ1v) is 7.68. The van der Waals surface area contributed by atoms with Crippen LogP contribution in [0.3, 0.4) is 0 Å². The van der Waals surface area contributed by atoms with E-state index < -0.39 is 0 Å². The zero-order valence-corrected chi connectivity index (χ0v) is 13.5. The molecule has 1 unspecified atom stereocenters. The molecule has 1 aliphatic heterocycles. The predicted octanol–water partition coefficient (Wildman–Crippen LogP) is 3.84. The van der Waals surface area contributed by atoms with Crippen LogP contribution in [0.1, 0.15) is 43.4 Å². The van der Waals surface area contributed by atoms with E-state index in [2.05, 4.69) is 34.2 Å². The minimum absolute atomic E-state index is 0.346. The highest BCUT2D eigenvalue weighted by Crippen LogP contribution is 2.44. The van der Waals surface area contributed by atoms with Crippen molar-refractivity contribution in [1.82, 2.24) is 5.32 Å². The van der Waals surface area contributed by atoms with Gasteiger partial charge in [0, 0.05) is 16.1 Å². The number of nitrogens with one attached hydrogen (secondary N) is 1. The van der Waals surface area contributed by atoms with Crippen molar-refractivity contribution >= 4 is 15.9 Å². The van der Waals surface area contributed by atoms with Crippen LogP contribution in [-0.4, -0.2) is 20.8 Å². The molecule has 0 bridgehead atoms. The lowest BCUT2D eigenvalue weighted by molar-refractivity contribution is 0.337. The molecule has 0 aromatic heterocycles. The quantitative estimate of drug-likeness (QED) is 0.911. The van der Waals surface area contributed by atoms with Gasteiger partial charge in [-0.3, -0.25) is 0 Å². The summed E-state index contributed by atoms with van der Waals surface area (Å²) in [4.78, 5) is 0. The molecule has 106 valence electrons.